The molecule has 17 heavy (non-hydrogen) atoms. The number of ether oxygens (including phenoxy) is 1. The Hall–Kier alpha value is -1.29. The van der Waals surface area contributed by atoms with Gasteiger partial charge in [0.05, 0.1) is 23.5 Å². The molecule has 3 nitrogen and oxygen atoms in total. The minimum atomic E-state index is 0.401. The van der Waals surface area contributed by atoms with Gasteiger partial charge in [-0.1, -0.05) is 12.2 Å². The molecule has 0 aromatic heterocycles. The van der Waals surface area contributed by atoms with Crippen LogP contribution in [0.15, 0.2) is 18.2 Å². The van der Waals surface area contributed by atoms with Crippen molar-refractivity contribution in [3.8, 4) is 5.75 Å². The molecule has 2 rings (SSSR count). The van der Waals surface area contributed by atoms with Crippen molar-refractivity contribution in [2.24, 2.45) is 0 Å². The number of hydrogen-bond donors (Lipinski definition) is 0. The molecule has 0 saturated carbocycles. The number of hydrogen-bond acceptors (Lipinski definition) is 3. The van der Waals surface area contributed by atoms with Crippen LogP contribution in [0.3, 0.4) is 0 Å². The number of benzene rings is 1. The summed E-state index contributed by atoms with van der Waals surface area (Å²) >= 11 is 5.45. The molecule has 0 saturated heterocycles. The lowest BCUT2D eigenvalue weighted by Gasteiger charge is -2.26. The molecule has 1 aromatic carbocycles. The maximum atomic E-state index is 5.45. The van der Waals surface area contributed by atoms with Crippen molar-refractivity contribution >= 4 is 28.6 Å². The van der Waals surface area contributed by atoms with E-state index in [9.17, 15) is 0 Å². The zero-order valence-electron chi connectivity index (χ0n) is 10.7. The number of methoxy groups -OCH3 is 1. The van der Waals surface area contributed by atoms with E-state index in [0.717, 1.165) is 22.8 Å². The number of nitrogens with zero attached hydrogens (tertiary/aromatic N) is 2. The van der Waals surface area contributed by atoms with Gasteiger partial charge >= 0.3 is 0 Å². The van der Waals surface area contributed by atoms with Gasteiger partial charge in [-0.25, -0.2) is 0 Å². The van der Waals surface area contributed by atoms with Gasteiger partial charge in [-0.15, -0.1) is 0 Å². The Morgan fingerprint density at radius 1 is 1.29 bits per heavy atom. The zero-order chi connectivity index (χ0) is 12.6. The smallest absolute Gasteiger partial charge is 0.121 e. The molecule has 0 amide bonds. The van der Waals surface area contributed by atoms with Crippen LogP contribution in [0.2, 0.25) is 0 Å². The van der Waals surface area contributed by atoms with Crippen molar-refractivity contribution in [3.05, 3.63) is 18.2 Å². The number of rotatable bonds is 1. The van der Waals surface area contributed by atoms with Gasteiger partial charge in [0, 0.05) is 32.6 Å². The van der Waals surface area contributed by atoms with Crippen LogP contribution in [-0.4, -0.2) is 32.2 Å². The maximum Gasteiger partial charge on any atom is 0.121 e. The van der Waals surface area contributed by atoms with Crippen LogP contribution in [-0.2, 0) is 0 Å². The quantitative estimate of drug-likeness (QED) is 0.712. The Morgan fingerprint density at radius 2 is 2.00 bits per heavy atom. The minimum Gasteiger partial charge on any atom is -0.497 e. The third-order valence-corrected chi connectivity index (χ3v) is 3.87. The number of thiocarbonyl (C=S) groups is 1. The molecular formula is C13H18N2OS. The van der Waals surface area contributed by atoms with Crippen molar-refractivity contribution in [2.75, 3.05) is 31.0 Å². The van der Waals surface area contributed by atoms with Crippen LogP contribution in [0.25, 0.3) is 0 Å². The van der Waals surface area contributed by atoms with Crippen LogP contribution in [0.5, 0.6) is 5.75 Å². The van der Waals surface area contributed by atoms with Crippen LogP contribution in [0.4, 0.5) is 11.4 Å². The molecule has 0 N–H and O–H groups in total. The first-order chi connectivity index (χ1) is 8.04. The second-order valence-corrected chi connectivity index (χ2v) is 4.94. The van der Waals surface area contributed by atoms with Crippen molar-refractivity contribution in [1.82, 2.24) is 0 Å². The lowest BCUT2D eigenvalue weighted by molar-refractivity contribution is 0.415. The summed E-state index contributed by atoms with van der Waals surface area (Å²) in [4.78, 5) is 5.32. The molecule has 0 spiro atoms. The summed E-state index contributed by atoms with van der Waals surface area (Å²) < 4.78 is 5.29. The van der Waals surface area contributed by atoms with Crippen LogP contribution >= 0.6 is 12.2 Å². The molecule has 4 heteroatoms. The van der Waals surface area contributed by atoms with Crippen molar-refractivity contribution < 1.29 is 4.74 Å². The molecule has 1 heterocycles. The standard InChI is InChI=1S/C13H18N2OS/c1-9-7-13(17)15(3)11-6-5-10(16-4)8-12(11)14(9)2/h5-6,8-9H,7H2,1-4H3. The van der Waals surface area contributed by atoms with Gasteiger partial charge in [0.25, 0.3) is 0 Å². The topological polar surface area (TPSA) is 15.7 Å². The summed E-state index contributed by atoms with van der Waals surface area (Å²) in [6.45, 7) is 2.19. The largest absolute Gasteiger partial charge is 0.497 e. The molecule has 0 bridgehead atoms. The summed E-state index contributed by atoms with van der Waals surface area (Å²) in [5.41, 5.74) is 2.31. The number of anilines is 2. The highest BCUT2D eigenvalue weighted by Gasteiger charge is 2.24. The average molecular weight is 250 g/mol. The zero-order valence-corrected chi connectivity index (χ0v) is 11.5. The Balaban J connectivity index is 2.55. The molecule has 0 radical (unpaired) electrons. The van der Waals surface area contributed by atoms with Crippen LogP contribution in [0, 0.1) is 0 Å². The van der Waals surface area contributed by atoms with E-state index in [1.54, 1.807) is 7.11 Å². The summed E-state index contributed by atoms with van der Waals surface area (Å²) in [7, 11) is 5.82. The van der Waals surface area contributed by atoms with Gasteiger partial charge in [0.1, 0.15) is 5.75 Å². The minimum absolute atomic E-state index is 0.401. The Kier molecular flexibility index (Phi) is 3.24. The number of fused-ring (bicyclic) bond motifs is 1. The molecule has 1 atom stereocenters. The Bertz CT molecular complexity index is 447. The lowest BCUT2D eigenvalue weighted by Crippen LogP contribution is -2.30. The molecule has 0 aliphatic carbocycles. The summed E-state index contributed by atoms with van der Waals surface area (Å²) in [6, 6.07) is 6.51. The van der Waals surface area contributed by atoms with E-state index in [4.69, 9.17) is 17.0 Å². The van der Waals surface area contributed by atoms with E-state index in [-0.39, 0.29) is 0 Å². The van der Waals surface area contributed by atoms with Gasteiger partial charge in [0.2, 0.25) is 0 Å². The average Bonchev–Trinajstić information content (AvgIpc) is 2.42. The van der Waals surface area contributed by atoms with Crippen molar-refractivity contribution in [1.29, 1.82) is 0 Å². The summed E-state index contributed by atoms with van der Waals surface area (Å²) in [6.07, 6.45) is 0.902. The van der Waals surface area contributed by atoms with Crippen LogP contribution < -0.4 is 14.5 Å². The SMILES string of the molecule is COc1ccc2c(c1)N(C)C(C)CC(=S)N2C. The maximum absolute atomic E-state index is 5.45. The third kappa shape index (κ3) is 2.09. The van der Waals surface area contributed by atoms with Crippen molar-refractivity contribution in [2.45, 2.75) is 19.4 Å². The van der Waals surface area contributed by atoms with Gasteiger partial charge in [-0.3, -0.25) is 0 Å². The second-order valence-electron chi connectivity index (χ2n) is 4.47. The first-order valence-corrected chi connectivity index (χ1v) is 6.13. The second kappa shape index (κ2) is 4.53. The van der Waals surface area contributed by atoms with Gasteiger partial charge in [-0.2, -0.15) is 0 Å². The summed E-state index contributed by atoms with van der Waals surface area (Å²) in [5.74, 6) is 0.879. The molecule has 1 unspecified atom stereocenters. The highest BCUT2D eigenvalue weighted by molar-refractivity contribution is 7.80. The molecule has 1 aromatic rings. The molecule has 1 aliphatic heterocycles. The van der Waals surface area contributed by atoms with E-state index in [2.05, 4.69) is 35.9 Å². The normalized spacial score (nSPS) is 20.0. The first-order valence-electron chi connectivity index (χ1n) is 5.72. The van der Waals surface area contributed by atoms with E-state index in [1.165, 1.54) is 5.69 Å². The molecule has 92 valence electrons. The fourth-order valence-corrected chi connectivity index (χ4v) is 2.43. The van der Waals surface area contributed by atoms with E-state index >= 15 is 0 Å². The van der Waals surface area contributed by atoms with E-state index in [0.29, 0.717) is 6.04 Å². The summed E-state index contributed by atoms with van der Waals surface area (Å²) in [5, 5.41) is 0. The van der Waals surface area contributed by atoms with Crippen LogP contribution in [0.1, 0.15) is 13.3 Å². The highest BCUT2D eigenvalue weighted by Crippen LogP contribution is 2.36. The fraction of sp³-hybridized carbons (Fsp3) is 0.462. The predicted molar refractivity (Wildman–Crippen MR) is 76.5 cm³/mol. The molecule has 1 aliphatic rings. The third-order valence-electron chi connectivity index (χ3n) is 3.43. The molecule has 0 fully saturated rings. The Morgan fingerprint density at radius 3 is 2.65 bits per heavy atom. The predicted octanol–water partition coefficient (Wildman–Crippen LogP) is 2.69. The fourth-order valence-electron chi connectivity index (χ4n) is 2.09. The van der Waals surface area contributed by atoms with E-state index < -0.39 is 0 Å². The lowest BCUT2D eigenvalue weighted by atomic mass is 10.2. The Labute approximate surface area is 108 Å². The van der Waals surface area contributed by atoms with Crippen molar-refractivity contribution in [3.63, 3.8) is 0 Å². The molecular weight excluding hydrogens is 232 g/mol. The highest BCUT2D eigenvalue weighted by atomic mass is 32.1. The van der Waals surface area contributed by atoms with Gasteiger partial charge in [0.15, 0.2) is 0 Å². The monoisotopic (exact) mass is 250 g/mol. The van der Waals surface area contributed by atoms with Gasteiger partial charge < -0.3 is 14.5 Å². The van der Waals surface area contributed by atoms with Gasteiger partial charge in [-0.05, 0) is 19.1 Å². The first kappa shape index (κ1) is 12.2. The van der Waals surface area contributed by atoms with E-state index in [1.807, 2.05) is 13.1 Å².